The summed E-state index contributed by atoms with van der Waals surface area (Å²) in [5, 5.41) is 21.5. The van der Waals surface area contributed by atoms with E-state index in [1.807, 2.05) is 76.2 Å². The third-order valence-electron chi connectivity index (χ3n) is 8.83. The first-order chi connectivity index (χ1) is 22.2. The molecule has 0 saturated carbocycles. The molecule has 4 aromatic carbocycles. The molecule has 0 atom stereocenters. The molecule has 0 amide bonds. The molecule has 0 aliphatic carbocycles. The summed E-state index contributed by atoms with van der Waals surface area (Å²) in [6.07, 6.45) is 0.305. The Morgan fingerprint density at radius 3 is 1.88 bits per heavy atom. The van der Waals surface area contributed by atoms with Crippen molar-refractivity contribution in [3.8, 4) is 11.3 Å². The van der Waals surface area contributed by atoms with Crippen molar-refractivity contribution in [3.05, 3.63) is 95.9 Å². The standard InChI is InChI=1S/C27H20F3N2.C13H24O2.Ir/c1-26(2,3)23-15-19(12-18-10-6-7-11-20(18)23)24-21-13-16-8-4-5-9-17(16)14-22(21)25(32-31-24)27(28,29)30;1-5-10(6-2)12(14)9-13(15)11(7-3)8-4;/h4-11,13-15H,1-3H3;9-11,14H,5-8H2,1-4H3;/q-1;;/b;12-9-;. The average molecular weight is 834 g/mol. The monoisotopic (exact) mass is 834 g/mol. The number of rotatable bonds is 8. The normalized spacial score (nSPS) is 12.4. The first kappa shape index (κ1) is 38.8. The van der Waals surface area contributed by atoms with E-state index in [0.29, 0.717) is 16.6 Å². The largest absolute Gasteiger partial charge is 0.512 e. The van der Waals surface area contributed by atoms with Gasteiger partial charge in [0.15, 0.2) is 11.5 Å². The third kappa shape index (κ3) is 8.69. The molecule has 0 spiro atoms. The van der Waals surface area contributed by atoms with Crippen LogP contribution in [-0.4, -0.2) is 21.1 Å². The van der Waals surface area contributed by atoms with Gasteiger partial charge in [0.25, 0.3) is 0 Å². The molecule has 0 bridgehead atoms. The van der Waals surface area contributed by atoms with Crippen molar-refractivity contribution in [1.82, 2.24) is 10.2 Å². The van der Waals surface area contributed by atoms with E-state index in [-0.39, 0.29) is 54.3 Å². The smallest absolute Gasteiger partial charge is 0.435 e. The van der Waals surface area contributed by atoms with Gasteiger partial charge in [0.1, 0.15) is 0 Å². The second-order valence-electron chi connectivity index (χ2n) is 13.0. The molecule has 4 nitrogen and oxygen atoms in total. The Morgan fingerprint density at radius 2 is 1.33 bits per heavy atom. The topological polar surface area (TPSA) is 63.1 Å². The summed E-state index contributed by atoms with van der Waals surface area (Å²) >= 11 is 0. The number of aliphatic hydroxyl groups is 1. The number of aliphatic hydroxyl groups excluding tert-OH is 1. The maximum absolute atomic E-state index is 13.8. The van der Waals surface area contributed by atoms with Crippen molar-refractivity contribution in [2.45, 2.75) is 85.7 Å². The Morgan fingerprint density at radius 1 is 0.792 bits per heavy atom. The molecule has 0 unspecified atom stereocenters. The molecular weight excluding hydrogens is 790 g/mol. The van der Waals surface area contributed by atoms with Gasteiger partial charge in [0, 0.05) is 49.1 Å². The molecule has 1 radical (unpaired) electrons. The zero-order valence-corrected chi connectivity index (χ0v) is 31.0. The molecule has 8 heteroatoms. The van der Waals surface area contributed by atoms with E-state index in [9.17, 15) is 23.1 Å². The van der Waals surface area contributed by atoms with Crippen LogP contribution in [0.4, 0.5) is 13.2 Å². The summed E-state index contributed by atoms with van der Waals surface area (Å²) in [6, 6.07) is 23.9. The van der Waals surface area contributed by atoms with E-state index < -0.39 is 11.9 Å². The SMILES string of the molecule is CC(C)(C)c1cc(-c2nnc(C(F)(F)F)c3cc4ccccc4cc23)[c-]c2ccccc12.CCC(CC)C(=O)/C=C(\O)C(CC)CC.[Ir]. The zero-order valence-electron chi connectivity index (χ0n) is 28.6. The van der Waals surface area contributed by atoms with Gasteiger partial charge in [-0.2, -0.15) is 23.4 Å². The Kier molecular flexibility index (Phi) is 13.1. The van der Waals surface area contributed by atoms with E-state index >= 15 is 0 Å². The summed E-state index contributed by atoms with van der Waals surface area (Å²) in [7, 11) is 0. The van der Waals surface area contributed by atoms with Crippen LogP contribution in [-0.2, 0) is 36.5 Å². The molecule has 257 valence electrons. The fraction of sp³-hybridized carbons (Fsp3) is 0.375. The van der Waals surface area contributed by atoms with Crippen LogP contribution < -0.4 is 0 Å². The minimum Gasteiger partial charge on any atom is -0.512 e. The van der Waals surface area contributed by atoms with Crippen LogP contribution in [0.25, 0.3) is 43.6 Å². The molecule has 48 heavy (non-hydrogen) atoms. The summed E-state index contributed by atoms with van der Waals surface area (Å²) in [4.78, 5) is 11.7. The van der Waals surface area contributed by atoms with Gasteiger partial charge in [-0.15, -0.1) is 29.1 Å². The average Bonchev–Trinajstić information content (AvgIpc) is 3.03. The van der Waals surface area contributed by atoms with Gasteiger partial charge in [-0.25, -0.2) is 0 Å². The van der Waals surface area contributed by atoms with Crippen LogP contribution in [0.1, 0.15) is 85.4 Å². The van der Waals surface area contributed by atoms with Crippen molar-refractivity contribution >= 4 is 38.1 Å². The zero-order chi connectivity index (χ0) is 34.5. The summed E-state index contributed by atoms with van der Waals surface area (Å²) in [5.74, 6) is 0.547. The first-order valence-electron chi connectivity index (χ1n) is 16.4. The van der Waals surface area contributed by atoms with Crippen molar-refractivity contribution in [2.75, 3.05) is 0 Å². The Hall–Kier alpha value is -3.61. The van der Waals surface area contributed by atoms with Crippen molar-refractivity contribution in [1.29, 1.82) is 0 Å². The van der Waals surface area contributed by atoms with E-state index in [4.69, 9.17) is 0 Å². The van der Waals surface area contributed by atoms with Gasteiger partial charge in [-0.3, -0.25) is 4.79 Å². The number of alkyl halides is 3. The minimum atomic E-state index is -4.60. The van der Waals surface area contributed by atoms with Gasteiger partial charge in [0.2, 0.25) is 0 Å². The Labute approximate surface area is 295 Å². The number of hydrogen-bond acceptors (Lipinski definition) is 4. The molecule has 1 heterocycles. The van der Waals surface area contributed by atoms with Gasteiger partial charge in [0.05, 0.1) is 5.76 Å². The van der Waals surface area contributed by atoms with Crippen molar-refractivity contribution < 1.29 is 43.2 Å². The number of carbonyl (C=O) groups excluding carboxylic acids is 1. The number of carbonyl (C=O) groups is 1. The van der Waals surface area contributed by atoms with E-state index in [1.54, 1.807) is 18.2 Å². The number of hydrogen-bond donors (Lipinski definition) is 1. The van der Waals surface area contributed by atoms with Crippen LogP contribution >= 0.6 is 0 Å². The molecule has 5 aromatic rings. The van der Waals surface area contributed by atoms with Crippen molar-refractivity contribution in [3.63, 3.8) is 0 Å². The fourth-order valence-corrected chi connectivity index (χ4v) is 6.01. The number of aromatic nitrogens is 2. The molecule has 5 rings (SSSR count). The third-order valence-corrected chi connectivity index (χ3v) is 8.83. The number of fused-ring (bicyclic) bond motifs is 3. The van der Waals surface area contributed by atoms with E-state index in [0.717, 1.165) is 52.8 Å². The molecule has 0 aliphatic heterocycles. The quantitative estimate of drug-likeness (QED) is 0.0732. The first-order valence-corrected chi connectivity index (χ1v) is 16.4. The molecular formula is C40H44F3IrN2O2-. The molecule has 1 N–H and O–H groups in total. The number of nitrogens with zero attached hydrogens (tertiary/aromatic N) is 2. The van der Waals surface area contributed by atoms with Crippen LogP contribution in [0.3, 0.4) is 0 Å². The van der Waals surface area contributed by atoms with Gasteiger partial charge < -0.3 is 5.11 Å². The minimum absolute atomic E-state index is 0. The number of allylic oxidation sites excluding steroid dienone is 2. The maximum Gasteiger partial charge on any atom is 0.435 e. The van der Waals surface area contributed by atoms with Gasteiger partial charge in [-0.05, 0) is 53.3 Å². The summed E-state index contributed by atoms with van der Waals surface area (Å²) < 4.78 is 41.3. The summed E-state index contributed by atoms with van der Waals surface area (Å²) in [6.45, 7) is 14.4. The second-order valence-corrected chi connectivity index (χ2v) is 13.0. The predicted molar refractivity (Wildman–Crippen MR) is 186 cm³/mol. The van der Waals surface area contributed by atoms with Crippen LogP contribution in [0.15, 0.2) is 78.6 Å². The summed E-state index contributed by atoms with van der Waals surface area (Å²) in [5.41, 5.74) is 0.965. The van der Waals surface area contributed by atoms with E-state index in [1.165, 1.54) is 6.08 Å². The number of ketones is 1. The number of benzene rings is 4. The van der Waals surface area contributed by atoms with E-state index in [2.05, 4.69) is 37.0 Å². The van der Waals surface area contributed by atoms with Crippen LogP contribution in [0.2, 0.25) is 0 Å². The predicted octanol–water partition coefficient (Wildman–Crippen LogP) is 11.6. The molecule has 0 saturated heterocycles. The van der Waals surface area contributed by atoms with Crippen molar-refractivity contribution in [2.24, 2.45) is 11.8 Å². The maximum atomic E-state index is 13.8. The number of halogens is 3. The van der Waals surface area contributed by atoms with Crippen LogP contribution in [0, 0.1) is 17.9 Å². The molecule has 0 fully saturated rings. The molecule has 1 aromatic heterocycles. The Balaban J connectivity index is 0.000000334. The van der Waals surface area contributed by atoms with Gasteiger partial charge in [-0.1, -0.05) is 108 Å². The van der Waals surface area contributed by atoms with Gasteiger partial charge >= 0.3 is 6.18 Å². The molecule has 0 aliphatic rings. The second kappa shape index (κ2) is 16.2. The van der Waals surface area contributed by atoms with Crippen LogP contribution in [0.5, 0.6) is 0 Å². The fourth-order valence-electron chi connectivity index (χ4n) is 6.01. The Bertz CT molecular complexity index is 1900.